The van der Waals surface area contributed by atoms with E-state index in [0.29, 0.717) is 17.9 Å². The molecule has 0 fully saturated rings. The topological polar surface area (TPSA) is 70.2 Å². The van der Waals surface area contributed by atoms with Gasteiger partial charge in [0.15, 0.2) is 11.0 Å². The third kappa shape index (κ3) is 3.51. The molecule has 2 heterocycles. The van der Waals surface area contributed by atoms with E-state index >= 15 is 0 Å². The van der Waals surface area contributed by atoms with Crippen molar-refractivity contribution in [2.45, 2.75) is 12.1 Å². The van der Waals surface area contributed by atoms with E-state index in [2.05, 4.69) is 10.2 Å². The summed E-state index contributed by atoms with van der Waals surface area (Å²) in [6.45, 7) is 2.20. The van der Waals surface area contributed by atoms with Crippen molar-refractivity contribution < 1.29 is 13.9 Å². The van der Waals surface area contributed by atoms with Crippen LogP contribution in [0.3, 0.4) is 0 Å². The van der Waals surface area contributed by atoms with Crippen LogP contribution < -0.4 is 0 Å². The number of hydrogen-bond donors (Lipinski definition) is 0. The van der Waals surface area contributed by atoms with E-state index in [0.717, 1.165) is 22.3 Å². The predicted octanol–water partition coefficient (Wildman–Crippen LogP) is 3.33. The van der Waals surface area contributed by atoms with Crippen molar-refractivity contribution in [3.63, 3.8) is 0 Å². The minimum absolute atomic E-state index is 0.311. The Balaban J connectivity index is 1.54. The number of aryl methyl sites for hydroxylation is 1. The Morgan fingerprint density at radius 2 is 2.04 bits per heavy atom. The van der Waals surface area contributed by atoms with Crippen molar-refractivity contribution >= 4 is 17.7 Å². The summed E-state index contributed by atoms with van der Waals surface area (Å²) in [5.74, 6) is 1.85. The van der Waals surface area contributed by atoms with Crippen LogP contribution >= 0.6 is 11.8 Å². The first kappa shape index (κ1) is 16.3. The van der Waals surface area contributed by atoms with E-state index in [1.165, 1.54) is 11.8 Å². The van der Waals surface area contributed by atoms with Crippen LogP contribution in [0.15, 0.2) is 52.2 Å². The van der Waals surface area contributed by atoms with E-state index in [4.69, 9.17) is 9.15 Å². The van der Waals surface area contributed by atoms with Gasteiger partial charge in [-0.1, -0.05) is 30.0 Å². The van der Waals surface area contributed by atoms with Gasteiger partial charge in [0, 0.05) is 12.8 Å². The Morgan fingerprint density at radius 1 is 1.25 bits per heavy atom. The number of carbonyl (C=O) groups excluding carboxylic acids is 1. The van der Waals surface area contributed by atoms with E-state index in [1.807, 2.05) is 42.8 Å². The van der Waals surface area contributed by atoms with Crippen molar-refractivity contribution in [2.75, 3.05) is 12.4 Å². The zero-order valence-corrected chi connectivity index (χ0v) is 14.2. The number of aromatic nitrogens is 3. The van der Waals surface area contributed by atoms with Gasteiger partial charge < -0.3 is 13.7 Å². The van der Waals surface area contributed by atoms with Gasteiger partial charge in [-0.2, -0.15) is 0 Å². The number of hydrogen-bond acceptors (Lipinski definition) is 6. The molecule has 0 saturated carbocycles. The molecule has 3 aromatic rings. The standard InChI is InChI=1S/C17H17N3O3S/c1-12-14(8-9-22-12)15-18-19-17(20(15)2)24-11-10-23-16(21)13-6-4-3-5-7-13/h3-9H,10-11H2,1-2H3. The highest BCUT2D eigenvalue weighted by atomic mass is 32.2. The summed E-state index contributed by atoms with van der Waals surface area (Å²) in [4.78, 5) is 11.8. The van der Waals surface area contributed by atoms with Crippen LogP contribution in [0.5, 0.6) is 0 Å². The lowest BCUT2D eigenvalue weighted by Gasteiger charge is -2.05. The SMILES string of the molecule is Cc1occc1-c1nnc(SCCOC(=O)c2ccccc2)n1C. The zero-order valence-electron chi connectivity index (χ0n) is 13.4. The number of ether oxygens (including phenoxy) is 1. The number of nitrogens with zero attached hydrogens (tertiary/aromatic N) is 3. The molecular formula is C17H17N3O3S. The van der Waals surface area contributed by atoms with Gasteiger partial charge in [0.2, 0.25) is 0 Å². The summed E-state index contributed by atoms with van der Waals surface area (Å²) < 4.78 is 12.5. The second-order valence-corrected chi connectivity index (χ2v) is 6.17. The molecule has 0 saturated heterocycles. The third-order valence-corrected chi connectivity index (χ3v) is 4.48. The quantitative estimate of drug-likeness (QED) is 0.388. The monoisotopic (exact) mass is 343 g/mol. The second-order valence-electron chi connectivity index (χ2n) is 5.11. The summed E-state index contributed by atoms with van der Waals surface area (Å²) in [5.41, 5.74) is 1.48. The molecule has 124 valence electrons. The largest absolute Gasteiger partial charge is 0.469 e. The summed E-state index contributed by atoms with van der Waals surface area (Å²) in [6.07, 6.45) is 1.63. The van der Waals surface area contributed by atoms with Crippen LogP contribution in [-0.2, 0) is 11.8 Å². The maximum absolute atomic E-state index is 11.8. The summed E-state index contributed by atoms with van der Waals surface area (Å²) in [6, 6.07) is 10.8. The Labute approximate surface area is 143 Å². The van der Waals surface area contributed by atoms with Gasteiger partial charge in [0.1, 0.15) is 12.4 Å². The van der Waals surface area contributed by atoms with Crippen LogP contribution in [0, 0.1) is 6.92 Å². The lowest BCUT2D eigenvalue weighted by molar-refractivity contribution is 0.0530. The minimum atomic E-state index is -0.316. The van der Waals surface area contributed by atoms with Gasteiger partial charge in [-0.05, 0) is 25.1 Å². The first-order valence-electron chi connectivity index (χ1n) is 7.45. The lowest BCUT2D eigenvalue weighted by Crippen LogP contribution is -2.08. The average Bonchev–Trinajstić information content (AvgIpc) is 3.18. The molecule has 3 rings (SSSR count). The molecule has 0 spiro atoms. The van der Waals surface area contributed by atoms with Gasteiger partial charge in [-0.25, -0.2) is 4.79 Å². The van der Waals surface area contributed by atoms with Gasteiger partial charge in [-0.3, -0.25) is 0 Å². The highest BCUT2D eigenvalue weighted by Crippen LogP contribution is 2.25. The minimum Gasteiger partial charge on any atom is -0.469 e. The molecular weight excluding hydrogens is 326 g/mol. The highest BCUT2D eigenvalue weighted by Gasteiger charge is 2.15. The zero-order chi connectivity index (χ0) is 16.9. The molecule has 0 aliphatic rings. The molecule has 0 bridgehead atoms. The molecule has 1 aromatic carbocycles. The van der Waals surface area contributed by atoms with Gasteiger partial charge in [-0.15, -0.1) is 10.2 Å². The van der Waals surface area contributed by atoms with Crippen molar-refractivity contribution in [3.05, 3.63) is 54.0 Å². The number of furan rings is 1. The van der Waals surface area contributed by atoms with E-state index < -0.39 is 0 Å². The van der Waals surface area contributed by atoms with Crippen molar-refractivity contribution in [3.8, 4) is 11.4 Å². The molecule has 24 heavy (non-hydrogen) atoms. The second kappa shape index (κ2) is 7.35. The number of benzene rings is 1. The fraction of sp³-hybridized carbons (Fsp3) is 0.235. The number of carbonyl (C=O) groups is 1. The Morgan fingerprint density at radius 3 is 2.75 bits per heavy atom. The van der Waals surface area contributed by atoms with Crippen molar-refractivity contribution in [2.24, 2.45) is 7.05 Å². The highest BCUT2D eigenvalue weighted by molar-refractivity contribution is 7.99. The maximum atomic E-state index is 11.8. The maximum Gasteiger partial charge on any atom is 0.338 e. The molecule has 0 N–H and O–H groups in total. The molecule has 0 aliphatic carbocycles. The van der Waals surface area contributed by atoms with E-state index in [-0.39, 0.29) is 5.97 Å². The first-order valence-corrected chi connectivity index (χ1v) is 8.44. The predicted molar refractivity (Wildman–Crippen MR) is 90.9 cm³/mol. The summed E-state index contributed by atoms with van der Waals surface area (Å²) in [7, 11) is 1.90. The molecule has 2 aromatic heterocycles. The fourth-order valence-electron chi connectivity index (χ4n) is 2.22. The average molecular weight is 343 g/mol. The Kier molecular flexibility index (Phi) is 5.00. The molecule has 0 amide bonds. The van der Waals surface area contributed by atoms with Crippen molar-refractivity contribution in [1.82, 2.24) is 14.8 Å². The third-order valence-electron chi connectivity index (χ3n) is 3.49. The Bertz CT molecular complexity index is 827. The number of rotatable bonds is 6. The van der Waals surface area contributed by atoms with E-state index in [9.17, 15) is 4.79 Å². The Hall–Kier alpha value is -2.54. The van der Waals surface area contributed by atoms with Crippen LogP contribution in [0.2, 0.25) is 0 Å². The number of thioether (sulfide) groups is 1. The van der Waals surface area contributed by atoms with Crippen LogP contribution in [0.1, 0.15) is 16.1 Å². The summed E-state index contributed by atoms with van der Waals surface area (Å²) >= 11 is 1.49. The van der Waals surface area contributed by atoms with Crippen LogP contribution in [0.4, 0.5) is 0 Å². The van der Waals surface area contributed by atoms with Gasteiger partial charge in [0.25, 0.3) is 0 Å². The normalized spacial score (nSPS) is 10.8. The number of esters is 1. The first-order chi connectivity index (χ1) is 11.7. The van der Waals surface area contributed by atoms with Crippen LogP contribution in [-0.4, -0.2) is 33.1 Å². The molecule has 0 radical (unpaired) electrons. The van der Waals surface area contributed by atoms with Gasteiger partial charge in [0.05, 0.1) is 17.4 Å². The molecule has 0 atom stereocenters. The van der Waals surface area contributed by atoms with Gasteiger partial charge >= 0.3 is 5.97 Å². The van der Waals surface area contributed by atoms with Crippen molar-refractivity contribution in [1.29, 1.82) is 0 Å². The molecule has 7 heteroatoms. The molecule has 6 nitrogen and oxygen atoms in total. The molecule has 0 unspecified atom stereocenters. The molecule has 0 aliphatic heterocycles. The smallest absolute Gasteiger partial charge is 0.338 e. The summed E-state index contributed by atoms with van der Waals surface area (Å²) in [5, 5.41) is 9.15. The van der Waals surface area contributed by atoms with Crippen LogP contribution in [0.25, 0.3) is 11.4 Å². The van der Waals surface area contributed by atoms with E-state index in [1.54, 1.807) is 18.4 Å². The lowest BCUT2D eigenvalue weighted by atomic mass is 10.2. The fourth-order valence-corrected chi connectivity index (χ4v) is 2.94.